The Morgan fingerprint density at radius 2 is 1.33 bits per heavy atom. The monoisotopic (exact) mass is 482 g/mol. The van der Waals surface area contributed by atoms with Crippen molar-refractivity contribution in [2.75, 3.05) is 6.61 Å². The fourth-order valence-electron chi connectivity index (χ4n) is 4.04. The SMILES string of the molecule is CCCCCCCCCCCCCCCCCC(=O)OCCc1cccc[n+]1CC(N)=O.[Cl-]. The summed E-state index contributed by atoms with van der Waals surface area (Å²) in [6.45, 7) is 2.75. The summed E-state index contributed by atoms with van der Waals surface area (Å²) < 4.78 is 7.15. The van der Waals surface area contributed by atoms with E-state index in [-0.39, 0.29) is 30.8 Å². The summed E-state index contributed by atoms with van der Waals surface area (Å²) in [5.74, 6) is -0.510. The Morgan fingerprint density at radius 1 is 0.818 bits per heavy atom. The number of nitrogens with zero attached hydrogens (tertiary/aromatic N) is 1. The van der Waals surface area contributed by atoms with Crippen LogP contribution in [0.5, 0.6) is 0 Å². The zero-order valence-electron chi connectivity index (χ0n) is 20.9. The number of halogens is 1. The molecule has 0 radical (unpaired) electrons. The van der Waals surface area contributed by atoms with Crippen LogP contribution in [0, 0.1) is 0 Å². The first kappa shape index (κ1) is 31.4. The lowest BCUT2D eigenvalue weighted by atomic mass is 10.0. The number of hydrogen-bond donors (Lipinski definition) is 1. The highest BCUT2D eigenvalue weighted by atomic mass is 35.5. The van der Waals surface area contributed by atoms with Crippen molar-refractivity contribution >= 4 is 11.9 Å². The highest BCUT2D eigenvalue weighted by Crippen LogP contribution is 2.13. The smallest absolute Gasteiger partial charge is 0.305 e. The largest absolute Gasteiger partial charge is 1.00 e. The molecule has 0 aromatic carbocycles. The number of esters is 1. The minimum Gasteiger partial charge on any atom is -1.00 e. The first-order valence-corrected chi connectivity index (χ1v) is 13.0. The topological polar surface area (TPSA) is 73.3 Å². The fourth-order valence-corrected chi connectivity index (χ4v) is 4.04. The van der Waals surface area contributed by atoms with Gasteiger partial charge in [-0.15, -0.1) is 0 Å². The van der Waals surface area contributed by atoms with Crippen LogP contribution in [0.4, 0.5) is 0 Å². The molecule has 6 heteroatoms. The average Bonchev–Trinajstić information content (AvgIpc) is 2.77. The number of carbonyl (C=O) groups excluding carboxylic acids is 2. The molecule has 0 atom stereocenters. The lowest BCUT2D eigenvalue weighted by Gasteiger charge is -2.06. The van der Waals surface area contributed by atoms with Crippen molar-refractivity contribution in [3.05, 3.63) is 30.1 Å². The third-order valence-electron chi connectivity index (χ3n) is 5.97. The summed E-state index contributed by atoms with van der Waals surface area (Å²) >= 11 is 0. The summed E-state index contributed by atoms with van der Waals surface area (Å²) in [7, 11) is 0. The molecular weight excluding hydrogens is 436 g/mol. The summed E-state index contributed by atoms with van der Waals surface area (Å²) in [6.07, 6.45) is 22.6. The third kappa shape index (κ3) is 18.5. The van der Waals surface area contributed by atoms with E-state index in [1.54, 1.807) is 4.57 Å². The van der Waals surface area contributed by atoms with Crippen LogP contribution in [-0.4, -0.2) is 18.5 Å². The maximum atomic E-state index is 11.9. The molecule has 0 aliphatic carbocycles. The molecule has 33 heavy (non-hydrogen) atoms. The number of hydrogen-bond acceptors (Lipinski definition) is 3. The molecule has 2 N–H and O–H groups in total. The van der Waals surface area contributed by atoms with Gasteiger partial charge in [-0.25, -0.2) is 0 Å². The van der Waals surface area contributed by atoms with Gasteiger partial charge in [0.2, 0.25) is 6.54 Å². The molecule has 1 amide bonds. The molecule has 0 fully saturated rings. The lowest BCUT2D eigenvalue weighted by Crippen LogP contribution is -3.00. The summed E-state index contributed by atoms with van der Waals surface area (Å²) in [4.78, 5) is 23.1. The maximum Gasteiger partial charge on any atom is 0.305 e. The van der Waals surface area contributed by atoms with Crippen molar-refractivity contribution in [2.24, 2.45) is 5.73 Å². The number of ether oxygens (including phenoxy) is 1. The first-order valence-electron chi connectivity index (χ1n) is 13.0. The van der Waals surface area contributed by atoms with E-state index in [2.05, 4.69) is 6.92 Å². The Bertz CT molecular complexity index is 625. The van der Waals surface area contributed by atoms with Crippen LogP contribution in [0.3, 0.4) is 0 Å². The molecule has 0 bridgehead atoms. The maximum absolute atomic E-state index is 11.9. The van der Waals surface area contributed by atoms with Gasteiger partial charge < -0.3 is 22.9 Å². The van der Waals surface area contributed by atoms with E-state index in [1.807, 2.05) is 24.4 Å². The minimum atomic E-state index is -0.382. The third-order valence-corrected chi connectivity index (χ3v) is 5.97. The minimum absolute atomic E-state index is 0. The molecule has 0 saturated carbocycles. The highest BCUT2D eigenvalue weighted by molar-refractivity contribution is 5.72. The van der Waals surface area contributed by atoms with Gasteiger partial charge in [-0.1, -0.05) is 103 Å². The molecule has 1 aromatic rings. The number of unbranched alkanes of at least 4 members (excludes halogenated alkanes) is 14. The Labute approximate surface area is 208 Å². The number of pyridine rings is 1. The lowest BCUT2D eigenvalue weighted by molar-refractivity contribution is -0.691. The molecular formula is C27H47ClN2O3. The number of nitrogens with two attached hydrogens (primary N) is 1. The number of amides is 1. The van der Waals surface area contributed by atoms with Crippen LogP contribution in [0.1, 0.15) is 115 Å². The first-order chi connectivity index (χ1) is 15.6. The fraction of sp³-hybridized carbons (Fsp3) is 0.741. The van der Waals surface area contributed by atoms with E-state index >= 15 is 0 Å². The van der Waals surface area contributed by atoms with Crippen LogP contribution in [0.2, 0.25) is 0 Å². The van der Waals surface area contributed by atoms with Gasteiger partial charge in [0.1, 0.15) is 6.61 Å². The second kappa shape index (κ2) is 22.2. The van der Waals surface area contributed by atoms with E-state index in [4.69, 9.17) is 10.5 Å². The van der Waals surface area contributed by atoms with Crippen LogP contribution >= 0.6 is 0 Å². The Kier molecular flexibility index (Phi) is 21.1. The Morgan fingerprint density at radius 3 is 1.85 bits per heavy atom. The molecule has 5 nitrogen and oxygen atoms in total. The van der Waals surface area contributed by atoms with E-state index < -0.39 is 0 Å². The molecule has 0 saturated heterocycles. The molecule has 0 aliphatic heterocycles. The van der Waals surface area contributed by atoms with Gasteiger partial charge in [0.15, 0.2) is 11.9 Å². The Balaban J connectivity index is 0.0000102. The number of primary amides is 1. The number of carbonyl (C=O) groups is 2. The van der Waals surface area contributed by atoms with Crippen LogP contribution in [0.15, 0.2) is 24.4 Å². The van der Waals surface area contributed by atoms with Crippen LogP contribution in [-0.2, 0) is 27.3 Å². The van der Waals surface area contributed by atoms with Gasteiger partial charge in [-0.05, 0) is 6.42 Å². The molecule has 0 unspecified atom stereocenters. The van der Waals surface area contributed by atoms with Crippen LogP contribution < -0.4 is 22.7 Å². The number of rotatable bonds is 21. The highest BCUT2D eigenvalue weighted by Gasteiger charge is 2.13. The van der Waals surface area contributed by atoms with Gasteiger partial charge in [0, 0.05) is 18.6 Å². The number of aromatic nitrogens is 1. The second-order valence-electron chi connectivity index (χ2n) is 8.96. The second-order valence-corrected chi connectivity index (χ2v) is 8.96. The summed E-state index contributed by atoms with van der Waals surface area (Å²) in [5.41, 5.74) is 6.21. The predicted octanol–water partition coefficient (Wildman–Crippen LogP) is 2.81. The van der Waals surface area contributed by atoms with E-state index in [0.717, 1.165) is 18.5 Å². The van der Waals surface area contributed by atoms with Crippen molar-refractivity contribution in [1.29, 1.82) is 0 Å². The summed E-state index contributed by atoms with van der Waals surface area (Å²) in [5, 5.41) is 0. The molecule has 0 spiro atoms. The standard InChI is InChI=1S/C27H46N2O3.ClH/c1-2-3-4-5-6-7-8-9-10-11-12-13-14-15-16-20-27(31)32-23-21-25-19-17-18-22-29(25)24-26(28)30;/h17-19,22H,2-16,20-21,23-24H2,1H3,(H-,28,30);1H. The zero-order chi connectivity index (χ0) is 23.3. The van der Waals surface area contributed by atoms with Crippen molar-refractivity contribution in [3.8, 4) is 0 Å². The molecule has 1 heterocycles. The van der Waals surface area contributed by atoms with Gasteiger partial charge in [0.25, 0.3) is 5.91 Å². The normalized spacial score (nSPS) is 10.6. The van der Waals surface area contributed by atoms with Crippen molar-refractivity contribution < 1.29 is 31.3 Å². The molecule has 0 aliphatic rings. The van der Waals surface area contributed by atoms with Gasteiger partial charge in [0.05, 0.1) is 6.42 Å². The van der Waals surface area contributed by atoms with E-state index in [9.17, 15) is 9.59 Å². The quantitative estimate of drug-likeness (QED) is 0.166. The summed E-state index contributed by atoms with van der Waals surface area (Å²) in [6, 6.07) is 5.69. The van der Waals surface area contributed by atoms with Crippen molar-refractivity contribution in [2.45, 2.75) is 123 Å². The van der Waals surface area contributed by atoms with Crippen LogP contribution in [0.25, 0.3) is 0 Å². The van der Waals surface area contributed by atoms with Gasteiger partial charge in [-0.3, -0.25) is 9.59 Å². The Hall–Kier alpha value is -1.62. The van der Waals surface area contributed by atoms with Crippen molar-refractivity contribution in [1.82, 2.24) is 0 Å². The van der Waals surface area contributed by atoms with Gasteiger partial charge >= 0.3 is 5.97 Å². The molecule has 190 valence electrons. The molecule has 1 aromatic heterocycles. The van der Waals surface area contributed by atoms with E-state index in [1.165, 1.54) is 83.5 Å². The molecule has 1 rings (SSSR count). The average molecular weight is 483 g/mol. The predicted molar refractivity (Wildman–Crippen MR) is 130 cm³/mol. The van der Waals surface area contributed by atoms with Gasteiger partial charge in [-0.2, -0.15) is 4.57 Å². The zero-order valence-corrected chi connectivity index (χ0v) is 21.6. The van der Waals surface area contributed by atoms with Crippen molar-refractivity contribution in [3.63, 3.8) is 0 Å². The van der Waals surface area contributed by atoms with E-state index in [0.29, 0.717) is 19.4 Å².